The van der Waals surface area contributed by atoms with Crippen LogP contribution in [0.2, 0.25) is 0 Å². The van der Waals surface area contributed by atoms with Crippen molar-refractivity contribution in [2.45, 2.75) is 0 Å². The second-order valence-corrected chi connectivity index (χ2v) is 9.68. The fourth-order valence-corrected chi connectivity index (χ4v) is 5.49. The molecular weight excluding hydrogens is 472 g/mol. The first-order valence-corrected chi connectivity index (χ1v) is 12.9. The predicted octanol–water partition coefficient (Wildman–Crippen LogP) is 4.53. The molecule has 3 aromatic carbocycles. The average Bonchev–Trinajstić information content (AvgIpc) is 3.38. The Morgan fingerprint density at radius 2 is 1.64 bits per heavy atom. The number of amides is 1. The lowest BCUT2D eigenvalue weighted by atomic mass is 10.0. The number of carbonyl (C=O) groups excluding carboxylic acids is 1. The van der Waals surface area contributed by atoms with Crippen molar-refractivity contribution in [1.29, 1.82) is 0 Å². The van der Waals surface area contributed by atoms with E-state index in [0.717, 1.165) is 59.2 Å². The average molecular weight is 503 g/mol. The summed E-state index contributed by atoms with van der Waals surface area (Å²) in [6.45, 7) is 5.10. The fraction of sp³-hybridized carbons (Fsp3) is 0.286. The molecular formula is C28H30N4O3S. The standard InChI is InChI=1S/C28H30N4O3S/c1-34-23-12-13-24-25(26(23)35-2)30-28(36-24)32-18-16-31(17-19-32)15-14-29-27(33)22-10-8-21(9-11-22)20-6-4-3-5-7-20/h3-13H,14-19H2,1-2H3,(H,29,33). The van der Waals surface area contributed by atoms with Crippen LogP contribution in [-0.2, 0) is 0 Å². The van der Waals surface area contributed by atoms with Gasteiger partial charge >= 0.3 is 0 Å². The zero-order valence-electron chi connectivity index (χ0n) is 20.6. The van der Waals surface area contributed by atoms with Gasteiger partial charge in [0.1, 0.15) is 5.52 Å². The van der Waals surface area contributed by atoms with Gasteiger partial charge in [-0.05, 0) is 35.4 Å². The second-order valence-electron chi connectivity index (χ2n) is 8.67. The van der Waals surface area contributed by atoms with Crippen molar-refractivity contribution in [2.24, 2.45) is 0 Å². The largest absolute Gasteiger partial charge is 0.493 e. The molecule has 2 heterocycles. The third-order valence-corrected chi connectivity index (χ3v) is 7.58. The maximum absolute atomic E-state index is 12.6. The van der Waals surface area contributed by atoms with E-state index < -0.39 is 0 Å². The van der Waals surface area contributed by atoms with Crippen LogP contribution in [-0.4, -0.2) is 69.3 Å². The number of anilines is 1. The van der Waals surface area contributed by atoms with Crippen molar-refractivity contribution in [3.05, 3.63) is 72.3 Å². The molecule has 186 valence electrons. The van der Waals surface area contributed by atoms with E-state index in [1.165, 1.54) is 0 Å². The molecule has 7 nitrogen and oxygen atoms in total. The van der Waals surface area contributed by atoms with Gasteiger partial charge in [-0.2, -0.15) is 0 Å². The summed E-state index contributed by atoms with van der Waals surface area (Å²) in [4.78, 5) is 22.1. The molecule has 8 heteroatoms. The molecule has 0 saturated carbocycles. The molecule has 36 heavy (non-hydrogen) atoms. The highest BCUT2D eigenvalue weighted by atomic mass is 32.1. The van der Waals surface area contributed by atoms with Gasteiger partial charge in [-0.25, -0.2) is 4.98 Å². The number of benzene rings is 3. The van der Waals surface area contributed by atoms with Crippen molar-refractivity contribution in [2.75, 3.05) is 58.4 Å². The first-order chi connectivity index (χ1) is 17.7. The molecule has 1 saturated heterocycles. The number of nitrogens with zero attached hydrogens (tertiary/aromatic N) is 3. The molecule has 1 amide bonds. The maximum Gasteiger partial charge on any atom is 0.251 e. The molecule has 4 aromatic rings. The number of methoxy groups -OCH3 is 2. The van der Waals surface area contributed by atoms with E-state index >= 15 is 0 Å². The zero-order valence-corrected chi connectivity index (χ0v) is 21.4. The number of carbonyl (C=O) groups is 1. The van der Waals surface area contributed by atoms with Gasteiger partial charge in [0.05, 0.1) is 18.9 Å². The molecule has 0 spiro atoms. The molecule has 1 aliphatic rings. The number of thiazole rings is 1. The topological polar surface area (TPSA) is 66.9 Å². The number of aromatic nitrogens is 1. The Balaban J connectivity index is 1.11. The van der Waals surface area contributed by atoms with Gasteiger partial charge in [0.2, 0.25) is 0 Å². The van der Waals surface area contributed by atoms with Crippen molar-refractivity contribution in [3.8, 4) is 22.6 Å². The van der Waals surface area contributed by atoms with Gasteiger partial charge < -0.3 is 19.7 Å². The monoisotopic (exact) mass is 502 g/mol. The normalized spacial score (nSPS) is 14.1. The Bertz CT molecular complexity index is 1320. The summed E-state index contributed by atoms with van der Waals surface area (Å²) in [5.74, 6) is 1.34. The van der Waals surface area contributed by atoms with Gasteiger partial charge in [-0.3, -0.25) is 9.69 Å². The summed E-state index contributed by atoms with van der Waals surface area (Å²) in [6, 6.07) is 21.9. The minimum atomic E-state index is -0.0351. The first-order valence-electron chi connectivity index (χ1n) is 12.1. The molecule has 1 aromatic heterocycles. The van der Waals surface area contributed by atoms with Gasteiger partial charge in [0.25, 0.3) is 5.91 Å². The number of hydrogen-bond donors (Lipinski definition) is 1. The summed E-state index contributed by atoms with van der Waals surface area (Å²) < 4.78 is 12.0. The molecule has 5 rings (SSSR count). The van der Waals surface area contributed by atoms with E-state index in [1.807, 2.05) is 54.6 Å². The maximum atomic E-state index is 12.6. The van der Waals surface area contributed by atoms with Crippen LogP contribution < -0.4 is 19.7 Å². The van der Waals surface area contributed by atoms with Crippen LogP contribution >= 0.6 is 11.3 Å². The Morgan fingerprint density at radius 3 is 2.33 bits per heavy atom. The summed E-state index contributed by atoms with van der Waals surface area (Å²) in [5, 5.41) is 4.06. The second kappa shape index (κ2) is 11.0. The van der Waals surface area contributed by atoms with Crippen LogP contribution in [0.25, 0.3) is 21.3 Å². The van der Waals surface area contributed by atoms with Crippen LogP contribution in [0.15, 0.2) is 66.7 Å². The number of hydrogen-bond acceptors (Lipinski definition) is 7. The number of piperazine rings is 1. The Morgan fingerprint density at radius 1 is 0.917 bits per heavy atom. The van der Waals surface area contributed by atoms with Gasteiger partial charge in [-0.1, -0.05) is 53.8 Å². The van der Waals surface area contributed by atoms with Crippen LogP contribution in [0.1, 0.15) is 10.4 Å². The van der Waals surface area contributed by atoms with Gasteiger partial charge in [0.15, 0.2) is 16.6 Å². The summed E-state index contributed by atoms with van der Waals surface area (Å²) >= 11 is 1.68. The summed E-state index contributed by atoms with van der Waals surface area (Å²) in [5.41, 5.74) is 3.78. The molecule has 0 unspecified atom stereocenters. The van der Waals surface area contributed by atoms with E-state index in [9.17, 15) is 4.79 Å². The van der Waals surface area contributed by atoms with E-state index in [1.54, 1.807) is 25.6 Å². The zero-order chi connectivity index (χ0) is 24.9. The van der Waals surface area contributed by atoms with E-state index in [0.29, 0.717) is 23.6 Å². The number of ether oxygens (including phenoxy) is 2. The van der Waals surface area contributed by atoms with Crippen LogP contribution in [0.3, 0.4) is 0 Å². The highest BCUT2D eigenvalue weighted by Gasteiger charge is 2.22. The Hall–Kier alpha value is -3.62. The molecule has 0 radical (unpaired) electrons. The quantitative estimate of drug-likeness (QED) is 0.382. The van der Waals surface area contributed by atoms with Gasteiger partial charge in [0, 0.05) is 44.8 Å². The van der Waals surface area contributed by atoms with Crippen LogP contribution in [0.5, 0.6) is 11.5 Å². The minimum absolute atomic E-state index is 0.0351. The van der Waals surface area contributed by atoms with E-state index in [-0.39, 0.29) is 5.91 Å². The van der Waals surface area contributed by atoms with Crippen LogP contribution in [0, 0.1) is 0 Å². The fourth-order valence-electron chi connectivity index (χ4n) is 4.47. The molecule has 0 bridgehead atoms. The van der Waals surface area contributed by atoms with Crippen molar-refractivity contribution in [1.82, 2.24) is 15.2 Å². The Labute approximate surface area is 215 Å². The Kier molecular flexibility index (Phi) is 7.34. The SMILES string of the molecule is COc1ccc2sc(N3CCN(CCNC(=O)c4ccc(-c5ccccc5)cc4)CC3)nc2c1OC. The van der Waals surface area contributed by atoms with E-state index in [2.05, 4.69) is 27.2 Å². The lowest BCUT2D eigenvalue weighted by Crippen LogP contribution is -2.48. The summed E-state index contributed by atoms with van der Waals surface area (Å²) in [7, 11) is 3.29. The molecule has 0 aliphatic carbocycles. The van der Waals surface area contributed by atoms with Crippen molar-refractivity contribution in [3.63, 3.8) is 0 Å². The van der Waals surface area contributed by atoms with Crippen LogP contribution in [0.4, 0.5) is 5.13 Å². The number of rotatable bonds is 8. The lowest BCUT2D eigenvalue weighted by Gasteiger charge is -2.34. The molecule has 1 N–H and O–H groups in total. The minimum Gasteiger partial charge on any atom is -0.493 e. The molecule has 0 atom stereocenters. The first kappa shape index (κ1) is 24.1. The third kappa shape index (κ3) is 5.15. The predicted molar refractivity (Wildman–Crippen MR) is 146 cm³/mol. The van der Waals surface area contributed by atoms with Gasteiger partial charge in [-0.15, -0.1) is 0 Å². The number of nitrogens with one attached hydrogen (secondary N) is 1. The van der Waals surface area contributed by atoms with Crippen molar-refractivity contribution >= 4 is 32.6 Å². The molecule has 1 aliphatic heterocycles. The van der Waals surface area contributed by atoms with Crippen molar-refractivity contribution < 1.29 is 14.3 Å². The smallest absolute Gasteiger partial charge is 0.251 e. The summed E-state index contributed by atoms with van der Waals surface area (Å²) in [6.07, 6.45) is 0. The lowest BCUT2D eigenvalue weighted by molar-refractivity contribution is 0.0948. The van der Waals surface area contributed by atoms with E-state index in [4.69, 9.17) is 14.5 Å². The highest BCUT2D eigenvalue weighted by Crippen LogP contribution is 2.40. The number of fused-ring (bicyclic) bond motifs is 1. The third-order valence-electron chi connectivity index (χ3n) is 6.50. The molecule has 1 fully saturated rings. The highest BCUT2D eigenvalue weighted by molar-refractivity contribution is 7.22.